The minimum Gasteiger partial charge on any atom is -0.444 e. The number of amides is 1. The molecule has 1 rings (SSSR count). The molecular formula is C15H30N2O2. The first kappa shape index (κ1) is 16.3. The molecule has 0 radical (unpaired) electrons. The van der Waals surface area contributed by atoms with E-state index in [-0.39, 0.29) is 12.1 Å². The summed E-state index contributed by atoms with van der Waals surface area (Å²) in [4.78, 5) is 11.8. The van der Waals surface area contributed by atoms with E-state index in [4.69, 9.17) is 4.74 Å². The average Bonchev–Trinajstić information content (AvgIpc) is 2.22. The molecule has 0 spiro atoms. The molecule has 0 aromatic rings. The summed E-state index contributed by atoms with van der Waals surface area (Å²) in [5.74, 6) is 0.764. The predicted octanol–water partition coefficient (Wildman–Crippen LogP) is 3.07. The van der Waals surface area contributed by atoms with Gasteiger partial charge >= 0.3 is 6.09 Å². The Labute approximate surface area is 117 Å². The van der Waals surface area contributed by atoms with Crippen LogP contribution in [0.5, 0.6) is 0 Å². The van der Waals surface area contributed by atoms with Crippen LogP contribution in [0.3, 0.4) is 0 Å². The van der Waals surface area contributed by atoms with Crippen LogP contribution in [0.1, 0.15) is 59.8 Å². The van der Waals surface area contributed by atoms with Gasteiger partial charge in [-0.25, -0.2) is 4.79 Å². The van der Waals surface area contributed by atoms with E-state index in [0.717, 1.165) is 18.8 Å². The van der Waals surface area contributed by atoms with Crippen LogP contribution in [0.4, 0.5) is 4.79 Å². The van der Waals surface area contributed by atoms with E-state index in [0.29, 0.717) is 6.04 Å². The Balaban J connectivity index is 2.49. The maximum Gasteiger partial charge on any atom is 0.407 e. The minimum absolute atomic E-state index is 0.222. The highest BCUT2D eigenvalue weighted by Crippen LogP contribution is 2.22. The molecule has 0 saturated heterocycles. The molecule has 1 aliphatic rings. The molecule has 0 heterocycles. The fraction of sp³-hybridized carbons (Fsp3) is 0.933. The van der Waals surface area contributed by atoms with Crippen molar-refractivity contribution in [3.05, 3.63) is 0 Å². The number of nitrogens with one attached hydrogen (secondary N) is 2. The lowest BCUT2D eigenvalue weighted by Gasteiger charge is -2.30. The average molecular weight is 270 g/mol. The summed E-state index contributed by atoms with van der Waals surface area (Å²) in [6.45, 7) is 7.99. The van der Waals surface area contributed by atoms with Crippen LogP contribution in [0.2, 0.25) is 0 Å². The van der Waals surface area contributed by atoms with Gasteiger partial charge in [0.15, 0.2) is 0 Å². The number of ether oxygens (including phenoxy) is 1. The van der Waals surface area contributed by atoms with E-state index >= 15 is 0 Å². The van der Waals surface area contributed by atoms with E-state index in [9.17, 15) is 4.79 Å². The summed E-state index contributed by atoms with van der Waals surface area (Å²) >= 11 is 0. The zero-order valence-electron chi connectivity index (χ0n) is 13.1. The molecule has 0 aromatic carbocycles. The number of carbonyl (C=O) groups excluding carboxylic acids is 1. The smallest absolute Gasteiger partial charge is 0.407 e. The first-order valence-electron chi connectivity index (χ1n) is 7.47. The molecule has 0 unspecified atom stereocenters. The molecular weight excluding hydrogens is 240 g/mol. The van der Waals surface area contributed by atoms with Gasteiger partial charge in [0.2, 0.25) is 0 Å². The van der Waals surface area contributed by atoms with Crippen molar-refractivity contribution in [3.8, 4) is 0 Å². The van der Waals surface area contributed by atoms with Crippen LogP contribution < -0.4 is 10.6 Å². The van der Waals surface area contributed by atoms with E-state index < -0.39 is 5.60 Å². The van der Waals surface area contributed by atoms with E-state index in [2.05, 4.69) is 17.6 Å². The fourth-order valence-corrected chi connectivity index (χ4v) is 2.71. The van der Waals surface area contributed by atoms with Crippen LogP contribution in [0, 0.1) is 5.92 Å². The van der Waals surface area contributed by atoms with Crippen LogP contribution >= 0.6 is 0 Å². The SMILES string of the molecule is CN[C@H]1C[C@@H](C)CCC[C@@H](NC(=O)OC(C)(C)C)C1. The van der Waals surface area contributed by atoms with E-state index in [1.165, 1.54) is 19.3 Å². The van der Waals surface area contributed by atoms with Crippen molar-refractivity contribution in [1.82, 2.24) is 10.6 Å². The number of alkyl carbamates (subject to hydrolysis) is 1. The van der Waals surface area contributed by atoms with Crippen molar-refractivity contribution in [2.45, 2.75) is 77.5 Å². The lowest BCUT2D eigenvalue weighted by Crippen LogP contribution is -2.43. The number of carbonyl (C=O) groups is 1. The topological polar surface area (TPSA) is 50.4 Å². The molecule has 1 aliphatic carbocycles. The Bertz CT molecular complexity index is 286. The van der Waals surface area contributed by atoms with Crippen molar-refractivity contribution >= 4 is 6.09 Å². The van der Waals surface area contributed by atoms with Crippen molar-refractivity contribution in [2.75, 3.05) is 7.05 Å². The molecule has 1 amide bonds. The van der Waals surface area contributed by atoms with Gasteiger partial charge < -0.3 is 15.4 Å². The number of hydrogen-bond acceptors (Lipinski definition) is 3. The molecule has 2 N–H and O–H groups in total. The molecule has 3 atom stereocenters. The minimum atomic E-state index is -0.428. The Hall–Kier alpha value is -0.770. The number of hydrogen-bond donors (Lipinski definition) is 2. The Morgan fingerprint density at radius 2 is 1.84 bits per heavy atom. The number of rotatable bonds is 2. The molecule has 19 heavy (non-hydrogen) atoms. The molecule has 0 bridgehead atoms. The maximum absolute atomic E-state index is 11.8. The third kappa shape index (κ3) is 6.81. The Kier molecular flexibility index (Phi) is 6.11. The summed E-state index contributed by atoms with van der Waals surface area (Å²) in [5, 5.41) is 6.38. The highest BCUT2D eigenvalue weighted by Gasteiger charge is 2.24. The van der Waals surface area contributed by atoms with E-state index in [1.807, 2.05) is 27.8 Å². The van der Waals surface area contributed by atoms with Crippen LogP contribution in [-0.2, 0) is 4.74 Å². The van der Waals surface area contributed by atoms with Crippen molar-refractivity contribution in [3.63, 3.8) is 0 Å². The zero-order valence-corrected chi connectivity index (χ0v) is 13.1. The Morgan fingerprint density at radius 1 is 1.16 bits per heavy atom. The van der Waals surface area contributed by atoms with Gasteiger partial charge in [-0.3, -0.25) is 0 Å². The molecule has 1 fully saturated rings. The van der Waals surface area contributed by atoms with Gasteiger partial charge in [0.05, 0.1) is 0 Å². The first-order valence-corrected chi connectivity index (χ1v) is 7.47. The molecule has 0 aromatic heterocycles. The van der Waals surface area contributed by atoms with Gasteiger partial charge in [-0.05, 0) is 53.0 Å². The third-order valence-electron chi connectivity index (χ3n) is 3.63. The summed E-state index contributed by atoms with van der Waals surface area (Å²) < 4.78 is 5.33. The summed E-state index contributed by atoms with van der Waals surface area (Å²) in [6, 6.07) is 0.704. The highest BCUT2D eigenvalue weighted by atomic mass is 16.6. The monoisotopic (exact) mass is 270 g/mol. The largest absolute Gasteiger partial charge is 0.444 e. The normalized spacial score (nSPS) is 29.2. The van der Waals surface area contributed by atoms with Gasteiger partial charge in [0.1, 0.15) is 5.60 Å². The maximum atomic E-state index is 11.8. The molecule has 4 heteroatoms. The molecule has 1 saturated carbocycles. The second-order valence-electron chi connectivity index (χ2n) is 6.84. The predicted molar refractivity (Wildman–Crippen MR) is 78.3 cm³/mol. The van der Waals surface area contributed by atoms with E-state index in [1.54, 1.807) is 0 Å². The standard InChI is InChI=1S/C15H30N2O2/c1-11-7-6-8-12(10-13(9-11)16-5)17-14(18)19-15(2,3)4/h11-13,16H,6-10H2,1-5H3,(H,17,18)/t11-,12+,13-/m0/s1. The van der Waals surface area contributed by atoms with Gasteiger partial charge in [0.25, 0.3) is 0 Å². The zero-order chi connectivity index (χ0) is 14.5. The third-order valence-corrected chi connectivity index (χ3v) is 3.63. The van der Waals surface area contributed by atoms with Crippen molar-refractivity contribution in [2.24, 2.45) is 5.92 Å². The van der Waals surface area contributed by atoms with Gasteiger partial charge in [0, 0.05) is 12.1 Å². The van der Waals surface area contributed by atoms with Gasteiger partial charge in [-0.2, -0.15) is 0 Å². The summed E-state index contributed by atoms with van der Waals surface area (Å²) in [6.07, 6.45) is 5.34. The molecule has 0 aliphatic heterocycles. The molecule has 4 nitrogen and oxygen atoms in total. The summed E-state index contributed by atoms with van der Waals surface area (Å²) in [7, 11) is 2.00. The first-order chi connectivity index (χ1) is 8.80. The lowest BCUT2D eigenvalue weighted by molar-refractivity contribution is 0.0492. The van der Waals surface area contributed by atoms with Gasteiger partial charge in [-0.15, -0.1) is 0 Å². The van der Waals surface area contributed by atoms with Crippen molar-refractivity contribution < 1.29 is 9.53 Å². The summed E-state index contributed by atoms with van der Waals surface area (Å²) in [5.41, 5.74) is -0.428. The van der Waals surface area contributed by atoms with Crippen molar-refractivity contribution in [1.29, 1.82) is 0 Å². The van der Waals surface area contributed by atoms with Crippen LogP contribution in [0.25, 0.3) is 0 Å². The van der Waals surface area contributed by atoms with Crippen LogP contribution in [-0.4, -0.2) is 30.8 Å². The lowest BCUT2D eigenvalue weighted by atomic mass is 9.87. The second kappa shape index (κ2) is 7.13. The quantitative estimate of drug-likeness (QED) is 0.811. The highest BCUT2D eigenvalue weighted by molar-refractivity contribution is 5.68. The fourth-order valence-electron chi connectivity index (χ4n) is 2.71. The Morgan fingerprint density at radius 3 is 2.42 bits per heavy atom. The second-order valence-corrected chi connectivity index (χ2v) is 6.84. The van der Waals surface area contributed by atoms with Crippen LogP contribution in [0.15, 0.2) is 0 Å². The van der Waals surface area contributed by atoms with Gasteiger partial charge in [-0.1, -0.05) is 19.8 Å². The molecule has 112 valence electrons.